The van der Waals surface area contributed by atoms with Crippen molar-refractivity contribution >= 4 is 17.4 Å². The van der Waals surface area contributed by atoms with E-state index in [-0.39, 0.29) is 17.5 Å². The minimum absolute atomic E-state index is 0.0482. The highest BCUT2D eigenvalue weighted by atomic mass is 19.1. The third-order valence-electron chi connectivity index (χ3n) is 5.47. The van der Waals surface area contributed by atoms with E-state index < -0.39 is 11.6 Å². The predicted octanol–water partition coefficient (Wildman–Crippen LogP) is 2.94. The van der Waals surface area contributed by atoms with Crippen molar-refractivity contribution in [1.82, 2.24) is 19.5 Å². The van der Waals surface area contributed by atoms with E-state index in [1.54, 1.807) is 28.9 Å². The van der Waals surface area contributed by atoms with Crippen LogP contribution >= 0.6 is 0 Å². The monoisotopic (exact) mass is 396 g/mol. The molecule has 2 aromatic heterocycles. The van der Waals surface area contributed by atoms with E-state index in [2.05, 4.69) is 9.97 Å². The Hall–Kier alpha value is -3.36. The number of hydrogen-bond donors (Lipinski definition) is 0. The molecule has 3 aromatic rings. The molecule has 7 nitrogen and oxygen atoms in total. The van der Waals surface area contributed by atoms with Gasteiger partial charge in [0, 0.05) is 37.6 Å². The van der Waals surface area contributed by atoms with Crippen molar-refractivity contribution in [3.63, 3.8) is 0 Å². The third kappa shape index (κ3) is 2.84. The van der Waals surface area contributed by atoms with Crippen LogP contribution in [-0.4, -0.2) is 45.1 Å². The van der Waals surface area contributed by atoms with Gasteiger partial charge in [-0.25, -0.2) is 18.7 Å². The molecule has 2 aliphatic rings. The molecule has 1 unspecified atom stereocenters. The lowest BCUT2D eigenvalue weighted by atomic mass is 9.98. The molecule has 1 saturated heterocycles. The number of imidazole rings is 1. The molecular weight excluding hydrogens is 378 g/mol. The van der Waals surface area contributed by atoms with Gasteiger partial charge in [0.15, 0.2) is 5.82 Å². The molecule has 1 fully saturated rings. The molecule has 4 heterocycles. The fourth-order valence-corrected chi connectivity index (χ4v) is 4.07. The van der Waals surface area contributed by atoms with Crippen LogP contribution in [-0.2, 0) is 4.79 Å². The van der Waals surface area contributed by atoms with Crippen molar-refractivity contribution in [1.29, 1.82) is 0 Å². The standard InChI is InChI=1S/C20H18F2N6O/c1-26-16-11-24-20(25-18(16)27-6-3-2-4-15(27)19(26)29)28-7-5-23-17(28)12-8-13(21)10-14(22)9-12/h5,7-11,15H,2-4,6H2,1H3. The number of anilines is 2. The molecular formula is C20H18F2N6O. The zero-order valence-corrected chi connectivity index (χ0v) is 15.7. The SMILES string of the molecule is CN1C(=O)C2CCCCN2c2nc(-n3ccnc3-c3cc(F)cc(F)c3)ncc21. The fraction of sp³-hybridized carbons (Fsp3) is 0.300. The number of carbonyl (C=O) groups is 1. The lowest BCUT2D eigenvalue weighted by Crippen LogP contribution is -2.54. The average molecular weight is 396 g/mol. The molecule has 0 radical (unpaired) electrons. The summed E-state index contributed by atoms with van der Waals surface area (Å²) in [5.74, 6) is 0.0279. The quantitative estimate of drug-likeness (QED) is 0.666. The smallest absolute Gasteiger partial charge is 0.249 e. The molecule has 5 rings (SSSR count). The zero-order chi connectivity index (χ0) is 20.1. The second-order valence-corrected chi connectivity index (χ2v) is 7.26. The Labute approximate surface area is 165 Å². The predicted molar refractivity (Wildman–Crippen MR) is 103 cm³/mol. The Morgan fingerprint density at radius 1 is 1.10 bits per heavy atom. The summed E-state index contributed by atoms with van der Waals surface area (Å²) in [6.07, 6.45) is 7.57. The molecule has 148 valence electrons. The highest BCUT2D eigenvalue weighted by Crippen LogP contribution is 2.37. The van der Waals surface area contributed by atoms with Crippen LogP contribution in [0.3, 0.4) is 0 Å². The lowest BCUT2D eigenvalue weighted by Gasteiger charge is -2.43. The zero-order valence-electron chi connectivity index (χ0n) is 15.7. The number of likely N-dealkylation sites (N-methyl/N-ethyl adjacent to an activating group) is 1. The van der Waals surface area contributed by atoms with Crippen LogP contribution < -0.4 is 9.80 Å². The minimum Gasteiger partial charge on any atom is -0.343 e. The summed E-state index contributed by atoms with van der Waals surface area (Å²) in [5, 5.41) is 0. The summed E-state index contributed by atoms with van der Waals surface area (Å²) in [7, 11) is 1.73. The minimum atomic E-state index is -0.683. The lowest BCUT2D eigenvalue weighted by molar-refractivity contribution is -0.120. The number of fused-ring (bicyclic) bond motifs is 3. The van der Waals surface area contributed by atoms with Gasteiger partial charge in [-0.1, -0.05) is 0 Å². The Bertz CT molecular complexity index is 1090. The fourth-order valence-electron chi connectivity index (χ4n) is 4.07. The number of hydrogen-bond acceptors (Lipinski definition) is 5. The number of rotatable bonds is 2. The van der Waals surface area contributed by atoms with Crippen molar-refractivity contribution in [2.45, 2.75) is 25.3 Å². The van der Waals surface area contributed by atoms with Crippen LogP contribution in [0.4, 0.5) is 20.3 Å². The van der Waals surface area contributed by atoms with Crippen molar-refractivity contribution in [3.8, 4) is 17.3 Å². The molecule has 0 N–H and O–H groups in total. The summed E-state index contributed by atoms with van der Waals surface area (Å²) in [4.78, 5) is 29.7. The highest BCUT2D eigenvalue weighted by Gasteiger charge is 2.39. The number of carbonyl (C=O) groups excluding carboxylic acids is 1. The second-order valence-electron chi connectivity index (χ2n) is 7.26. The first-order valence-electron chi connectivity index (χ1n) is 9.44. The third-order valence-corrected chi connectivity index (χ3v) is 5.47. The number of nitrogens with zero attached hydrogens (tertiary/aromatic N) is 6. The van der Waals surface area contributed by atoms with Crippen LogP contribution in [0.5, 0.6) is 0 Å². The number of amides is 1. The van der Waals surface area contributed by atoms with Gasteiger partial charge in [0.2, 0.25) is 11.9 Å². The topological polar surface area (TPSA) is 67.2 Å². The summed E-state index contributed by atoms with van der Waals surface area (Å²) in [5.41, 5.74) is 0.937. The van der Waals surface area contributed by atoms with Gasteiger partial charge in [-0.3, -0.25) is 9.36 Å². The van der Waals surface area contributed by atoms with E-state index in [0.717, 1.165) is 31.9 Å². The molecule has 0 spiro atoms. The summed E-state index contributed by atoms with van der Waals surface area (Å²) in [6, 6.07) is 3.03. The van der Waals surface area contributed by atoms with E-state index in [1.807, 2.05) is 4.90 Å². The molecule has 0 aliphatic carbocycles. The van der Waals surface area contributed by atoms with E-state index in [1.165, 1.54) is 18.3 Å². The van der Waals surface area contributed by atoms with Gasteiger partial charge in [0.1, 0.15) is 29.2 Å². The summed E-state index contributed by atoms with van der Waals surface area (Å²) >= 11 is 0. The molecule has 0 bridgehead atoms. The number of aromatic nitrogens is 4. The van der Waals surface area contributed by atoms with Crippen LogP contribution in [0.1, 0.15) is 19.3 Å². The van der Waals surface area contributed by atoms with Crippen molar-refractivity contribution in [2.75, 3.05) is 23.4 Å². The first-order valence-corrected chi connectivity index (χ1v) is 9.44. The van der Waals surface area contributed by atoms with E-state index in [4.69, 9.17) is 4.98 Å². The molecule has 0 saturated carbocycles. The normalized spacial score (nSPS) is 18.6. The molecule has 1 amide bonds. The largest absolute Gasteiger partial charge is 0.343 e. The molecule has 29 heavy (non-hydrogen) atoms. The Morgan fingerprint density at radius 3 is 2.69 bits per heavy atom. The van der Waals surface area contributed by atoms with Crippen LogP contribution in [0.15, 0.2) is 36.8 Å². The average Bonchev–Trinajstić information content (AvgIpc) is 3.21. The highest BCUT2D eigenvalue weighted by molar-refractivity contribution is 6.04. The molecule has 9 heteroatoms. The number of piperidine rings is 1. The second kappa shape index (κ2) is 6.61. The number of halogens is 2. The first kappa shape index (κ1) is 17.7. The number of benzene rings is 1. The van der Waals surface area contributed by atoms with E-state index >= 15 is 0 Å². The Morgan fingerprint density at radius 2 is 1.90 bits per heavy atom. The maximum Gasteiger partial charge on any atom is 0.249 e. The van der Waals surface area contributed by atoms with Crippen molar-refractivity contribution in [3.05, 3.63) is 48.4 Å². The maximum absolute atomic E-state index is 13.7. The van der Waals surface area contributed by atoms with Gasteiger partial charge in [-0.15, -0.1) is 0 Å². The molecule has 1 aromatic carbocycles. The maximum atomic E-state index is 13.7. The van der Waals surface area contributed by atoms with Crippen LogP contribution in [0, 0.1) is 11.6 Å². The first-order chi connectivity index (χ1) is 14.0. The van der Waals surface area contributed by atoms with Gasteiger partial charge in [0.25, 0.3) is 0 Å². The van der Waals surface area contributed by atoms with E-state index in [0.29, 0.717) is 23.3 Å². The van der Waals surface area contributed by atoms with E-state index in [9.17, 15) is 13.6 Å². The Balaban J connectivity index is 1.62. The van der Waals surface area contributed by atoms with Crippen molar-refractivity contribution < 1.29 is 13.6 Å². The van der Waals surface area contributed by atoms with Crippen LogP contribution in [0.25, 0.3) is 17.3 Å². The molecule has 2 aliphatic heterocycles. The van der Waals surface area contributed by atoms with Gasteiger partial charge in [-0.2, -0.15) is 4.98 Å². The Kier molecular flexibility index (Phi) is 4.04. The van der Waals surface area contributed by atoms with Gasteiger partial charge < -0.3 is 9.80 Å². The van der Waals surface area contributed by atoms with Crippen molar-refractivity contribution in [2.24, 2.45) is 0 Å². The summed E-state index contributed by atoms with van der Waals surface area (Å²) < 4.78 is 29.0. The summed E-state index contributed by atoms with van der Waals surface area (Å²) in [6.45, 7) is 0.750. The van der Waals surface area contributed by atoms with Gasteiger partial charge in [0.05, 0.1) is 6.20 Å². The molecule has 1 atom stereocenters. The van der Waals surface area contributed by atoms with Gasteiger partial charge >= 0.3 is 0 Å². The van der Waals surface area contributed by atoms with Gasteiger partial charge in [-0.05, 0) is 31.4 Å². The van der Waals surface area contributed by atoms with Crippen LogP contribution in [0.2, 0.25) is 0 Å².